The second-order valence-electron chi connectivity index (χ2n) is 5.22. The molecule has 1 aromatic rings. The number of nitrogens with two attached hydrogens (primary N) is 1. The number of nitrogens with zero attached hydrogens (tertiary/aromatic N) is 2. The van der Waals surface area contributed by atoms with Crippen LogP contribution in [0.1, 0.15) is 31.1 Å². The molecule has 1 aromatic carbocycles. The van der Waals surface area contributed by atoms with Crippen LogP contribution >= 0.6 is 0 Å². The molecule has 0 aliphatic heterocycles. The van der Waals surface area contributed by atoms with Gasteiger partial charge in [-0.25, -0.2) is 4.79 Å². The van der Waals surface area contributed by atoms with Crippen molar-refractivity contribution < 1.29 is 9.53 Å². The van der Waals surface area contributed by atoms with E-state index < -0.39 is 0 Å². The summed E-state index contributed by atoms with van der Waals surface area (Å²) in [6, 6.07) is 6.79. The summed E-state index contributed by atoms with van der Waals surface area (Å²) in [6.45, 7) is 12.8. The maximum absolute atomic E-state index is 11.9. The number of esters is 1. The summed E-state index contributed by atoms with van der Waals surface area (Å²) in [5.41, 5.74) is 6.79. The topological polar surface area (TPSA) is 58.8 Å². The molecule has 0 spiro atoms. The van der Waals surface area contributed by atoms with Gasteiger partial charge >= 0.3 is 5.97 Å². The Morgan fingerprint density at radius 2 is 1.50 bits per heavy atom. The lowest BCUT2D eigenvalue weighted by atomic mass is 10.2. The molecule has 0 aliphatic carbocycles. The Bertz CT molecular complexity index is 430. The van der Waals surface area contributed by atoms with Gasteiger partial charge in [0.05, 0.1) is 5.56 Å². The molecule has 0 saturated carbocycles. The Labute approximate surface area is 134 Å². The molecule has 0 bridgehead atoms. The van der Waals surface area contributed by atoms with Crippen LogP contribution in [-0.4, -0.2) is 61.6 Å². The molecule has 5 nitrogen and oxygen atoms in total. The minimum atomic E-state index is -0.292. The molecule has 124 valence electrons. The van der Waals surface area contributed by atoms with E-state index in [0.29, 0.717) is 17.9 Å². The Kier molecular flexibility index (Phi) is 8.55. The SMILES string of the molecule is CCN(CC)CCN(CC)CCOC(=O)c1ccc(N)cc1. The third-order valence-electron chi connectivity index (χ3n) is 3.86. The van der Waals surface area contributed by atoms with Gasteiger partial charge in [0.25, 0.3) is 0 Å². The van der Waals surface area contributed by atoms with Crippen LogP contribution < -0.4 is 5.73 Å². The zero-order valence-electron chi connectivity index (χ0n) is 14.0. The number of nitrogen functional groups attached to an aromatic ring is 1. The van der Waals surface area contributed by atoms with Crippen LogP contribution in [0.4, 0.5) is 5.69 Å². The second kappa shape index (κ2) is 10.2. The van der Waals surface area contributed by atoms with Gasteiger partial charge < -0.3 is 15.4 Å². The predicted molar refractivity (Wildman–Crippen MR) is 91.0 cm³/mol. The third kappa shape index (κ3) is 6.45. The number of benzene rings is 1. The maximum Gasteiger partial charge on any atom is 0.338 e. The summed E-state index contributed by atoms with van der Waals surface area (Å²) >= 11 is 0. The minimum absolute atomic E-state index is 0.292. The van der Waals surface area contributed by atoms with Crippen molar-refractivity contribution in [1.82, 2.24) is 9.80 Å². The van der Waals surface area contributed by atoms with Crippen LogP contribution in [0.25, 0.3) is 0 Å². The predicted octanol–water partition coefficient (Wildman–Crippen LogP) is 2.09. The molecule has 1 rings (SSSR count). The smallest absolute Gasteiger partial charge is 0.338 e. The van der Waals surface area contributed by atoms with Gasteiger partial charge in [-0.15, -0.1) is 0 Å². The van der Waals surface area contributed by atoms with E-state index in [4.69, 9.17) is 10.5 Å². The lowest BCUT2D eigenvalue weighted by molar-refractivity contribution is 0.0460. The molecule has 0 atom stereocenters. The molecule has 0 unspecified atom stereocenters. The Morgan fingerprint density at radius 1 is 0.955 bits per heavy atom. The highest BCUT2D eigenvalue weighted by atomic mass is 16.5. The first-order valence-corrected chi connectivity index (χ1v) is 8.08. The number of carbonyl (C=O) groups excluding carboxylic acids is 1. The zero-order valence-corrected chi connectivity index (χ0v) is 14.0. The van der Waals surface area contributed by atoms with Gasteiger partial charge in [0.15, 0.2) is 0 Å². The van der Waals surface area contributed by atoms with Gasteiger partial charge in [0, 0.05) is 25.3 Å². The molecule has 2 N–H and O–H groups in total. The molecule has 0 amide bonds. The lowest BCUT2D eigenvalue weighted by Gasteiger charge is -2.25. The number of ether oxygens (including phenoxy) is 1. The van der Waals surface area contributed by atoms with Gasteiger partial charge in [0.1, 0.15) is 6.61 Å². The van der Waals surface area contributed by atoms with Crippen molar-refractivity contribution in [3.63, 3.8) is 0 Å². The zero-order chi connectivity index (χ0) is 16.4. The van der Waals surface area contributed by atoms with Gasteiger partial charge in [-0.05, 0) is 43.9 Å². The number of likely N-dealkylation sites (N-methyl/N-ethyl adjacent to an activating group) is 2. The van der Waals surface area contributed by atoms with Crippen LogP contribution in [-0.2, 0) is 4.74 Å². The largest absolute Gasteiger partial charge is 0.461 e. The van der Waals surface area contributed by atoms with Crippen molar-refractivity contribution in [2.24, 2.45) is 0 Å². The van der Waals surface area contributed by atoms with E-state index in [2.05, 4.69) is 30.6 Å². The number of hydrogen-bond acceptors (Lipinski definition) is 5. The summed E-state index contributed by atoms with van der Waals surface area (Å²) < 4.78 is 5.32. The molecular weight excluding hydrogens is 278 g/mol. The normalized spacial score (nSPS) is 11.1. The molecule has 0 fully saturated rings. The number of rotatable bonds is 10. The van der Waals surface area contributed by atoms with E-state index in [1.54, 1.807) is 24.3 Å². The van der Waals surface area contributed by atoms with Gasteiger partial charge in [0.2, 0.25) is 0 Å². The average molecular weight is 307 g/mol. The van der Waals surface area contributed by atoms with E-state index in [0.717, 1.165) is 39.3 Å². The number of anilines is 1. The number of carbonyl (C=O) groups is 1. The van der Waals surface area contributed by atoms with E-state index >= 15 is 0 Å². The monoisotopic (exact) mass is 307 g/mol. The molecule has 5 heteroatoms. The van der Waals surface area contributed by atoms with Gasteiger partial charge in [-0.1, -0.05) is 20.8 Å². The van der Waals surface area contributed by atoms with Crippen molar-refractivity contribution in [2.75, 3.05) is 51.6 Å². The van der Waals surface area contributed by atoms with Crippen LogP contribution in [0.2, 0.25) is 0 Å². The minimum Gasteiger partial charge on any atom is -0.461 e. The highest BCUT2D eigenvalue weighted by Gasteiger charge is 2.09. The standard InChI is InChI=1S/C17H29N3O2/c1-4-19(5-2)11-12-20(6-3)13-14-22-17(21)15-7-9-16(18)10-8-15/h7-10H,4-6,11-14,18H2,1-3H3. The lowest BCUT2D eigenvalue weighted by Crippen LogP contribution is -2.36. The first-order chi connectivity index (χ1) is 10.6. The summed E-state index contributed by atoms with van der Waals surface area (Å²) in [5.74, 6) is -0.292. The van der Waals surface area contributed by atoms with Crippen LogP contribution in [0, 0.1) is 0 Å². The highest BCUT2D eigenvalue weighted by Crippen LogP contribution is 2.06. The fourth-order valence-corrected chi connectivity index (χ4v) is 2.22. The van der Waals surface area contributed by atoms with Crippen molar-refractivity contribution >= 4 is 11.7 Å². The van der Waals surface area contributed by atoms with Crippen molar-refractivity contribution in [3.8, 4) is 0 Å². The summed E-state index contributed by atoms with van der Waals surface area (Å²) in [6.07, 6.45) is 0. The molecule has 0 radical (unpaired) electrons. The maximum atomic E-state index is 11.9. The van der Waals surface area contributed by atoms with E-state index in [-0.39, 0.29) is 5.97 Å². The van der Waals surface area contributed by atoms with Gasteiger partial charge in [-0.2, -0.15) is 0 Å². The molecule has 0 saturated heterocycles. The first-order valence-electron chi connectivity index (χ1n) is 8.08. The molecule has 0 aliphatic rings. The Hall–Kier alpha value is -1.59. The van der Waals surface area contributed by atoms with Crippen LogP contribution in [0.5, 0.6) is 0 Å². The summed E-state index contributed by atoms with van der Waals surface area (Å²) in [5, 5.41) is 0. The first kappa shape index (κ1) is 18.5. The van der Waals surface area contributed by atoms with Crippen molar-refractivity contribution in [2.45, 2.75) is 20.8 Å². The highest BCUT2D eigenvalue weighted by molar-refractivity contribution is 5.89. The quantitative estimate of drug-likeness (QED) is 0.530. The Morgan fingerprint density at radius 3 is 2.05 bits per heavy atom. The van der Waals surface area contributed by atoms with Gasteiger partial charge in [-0.3, -0.25) is 4.90 Å². The fraction of sp³-hybridized carbons (Fsp3) is 0.588. The Balaban J connectivity index is 2.31. The molecule has 0 aromatic heterocycles. The summed E-state index contributed by atoms with van der Waals surface area (Å²) in [4.78, 5) is 16.6. The number of hydrogen-bond donors (Lipinski definition) is 1. The van der Waals surface area contributed by atoms with Crippen LogP contribution in [0.15, 0.2) is 24.3 Å². The van der Waals surface area contributed by atoms with E-state index in [9.17, 15) is 4.79 Å². The molecular formula is C17H29N3O2. The van der Waals surface area contributed by atoms with E-state index in [1.165, 1.54) is 0 Å². The van der Waals surface area contributed by atoms with Crippen molar-refractivity contribution in [3.05, 3.63) is 29.8 Å². The molecule has 0 heterocycles. The fourth-order valence-electron chi connectivity index (χ4n) is 2.22. The van der Waals surface area contributed by atoms with Crippen molar-refractivity contribution in [1.29, 1.82) is 0 Å². The van der Waals surface area contributed by atoms with Crippen LogP contribution in [0.3, 0.4) is 0 Å². The second-order valence-corrected chi connectivity index (χ2v) is 5.22. The average Bonchev–Trinajstić information content (AvgIpc) is 2.54. The molecule has 22 heavy (non-hydrogen) atoms. The summed E-state index contributed by atoms with van der Waals surface area (Å²) in [7, 11) is 0. The third-order valence-corrected chi connectivity index (χ3v) is 3.86. The van der Waals surface area contributed by atoms with E-state index in [1.807, 2.05) is 0 Å².